The highest BCUT2D eigenvalue weighted by Crippen LogP contribution is 2.34. The number of rotatable bonds is 5. The van der Waals surface area contributed by atoms with Crippen molar-refractivity contribution in [2.45, 2.75) is 32.3 Å². The molecule has 2 rings (SSSR count). The molecular formula is C13H17BrO2. The molecule has 0 spiro atoms. The molecule has 1 unspecified atom stereocenters. The molecule has 16 heavy (non-hydrogen) atoms. The zero-order chi connectivity index (χ0) is 11.5. The molecule has 0 bridgehead atoms. The van der Waals surface area contributed by atoms with Crippen LogP contribution in [0.3, 0.4) is 0 Å². The highest BCUT2D eigenvalue weighted by molar-refractivity contribution is 9.10. The number of hydrogen-bond acceptors (Lipinski definition) is 2. The summed E-state index contributed by atoms with van der Waals surface area (Å²) in [6.45, 7) is 2.60. The van der Waals surface area contributed by atoms with Gasteiger partial charge in [0.25, 0.3) is 0 Å². The Bertz CT molecular complexity index is 359. The van der Waals surface area contributed by atoms with E-state index in [9.17, 15) is 5.11 Å². The van der Waals surface area contributed by atoms with Crippen molar-refractivity contribution in [2.75, 3.05) is 6.61 Å². The van der Waals surface area contributed by atoms with E-state index in [0.29, 0.717) is 6.42 Å². The largest absolute Gasteiger partial charge is 0.492 e. The molecule has 0 amide bonds. The van der Waals surface area contributed by atoms with Gasteiger partial charge >= 0.3 is 0 Å². The summed E-state index contributed by atoms with van der Waals surface area (Å²) in [7, 11) is 0. The van der Waals surface area contributed by atoms with Gasteiger partial charge in [0, 0.05) is 6.42 Å². The summed E-state index contributed by atoms with van der Waals surface area (Å²) in [6.07, 6.45) is 2.88. The van der Waals surface area contributed by atoms with E-state index < -0.39 is 0 Å². The van der Waals surface area contributed by atoms with Gasteiger partial charge in [-0.15, -0.1) is 0 Å². The lowest BCUT2D eigenvalue weighted by Crippen LogP contribution is -2.08. The molecule has 1 aromatic rings. The Kier molecular flexibility index (Phi) is 3.87. The zero-order valence-electron chi connectivity index (χ0n) is 9.45. The van der Waals surface area contributed by atoms with Gasteiger partial charge in [-0.3, -0.25) is 0 Å². The lowest BCUT2D eigenvalue weighted by atomic mass is 10.1. The van der Waals surface area contributed by atoms with Gasteiger partial charge in [-0.2, -0.15) is 0 Å². The second-order valence-corrected chi connectivity index (χ2v) is 5.39. The lowest BCUT2D eigenvalue weighted by molar-refractivity contribution is 0.193. The molecule has 1 atom stereocenters. The number of ether oxygens (including phenoxy) is 1. The van der Waals surface area contributed by atoms with Crippen LogP contribution in [0.1, 0.15) is 25.3 Å². The molecule has 1 N–H and O–H groups in total. The second-order valence-electron chi connectivity index (χ2n) is 4.54. The number of hydrogen-bond donors (Lipinski definition) is 1. The van der Waals surface area contributed by atoms with Gasteiger partial charge in [0.15, 0.2) is 0 Å². The first-order valence-corrected chi connectivity index (χ1v) is 6.54. The third kappa shape index (κ3) is 3.22. The van der Waals surface area contributed by atoms with E-state index in [1.807, 2.05) is 18.2 Å². The number of halogens is 1. The van der Waals surface area contributed by atoms with Crippen LogP contribution in [0.5, 0.6) is 5.75 Å². The van der Waals surface area contributed by atoms with Gasteiger partial charge in [0.05, 0.1) is 17.2 Å². The van der Waals surface area contributed by atoms with Crippen LogP contribution >= 0.6 is 15.9 Å². The normalized spacial score (nSPS) is 17.2. The summed E-state index contributed by atoms with van der Waals surface area (Å²) in [4.78, 5) is 0. The Morgan fingerprint density at radius 1 is 1.50 bits per heavy atom. The predicted octanol–water partition coefficient (Wildman–Crippen LogP) is 3.16. The number of benzene rings is 1. The monoisotopic (exact) mass is 284 g/mol. The highest BCUT2D eigenvalue weighted by atomic mass is 79.9. The fraction of sp³-hybridized carbons (Fsp3) is 0.538. The van der Waals surface area contributed by atoms with E-state index in [-0.39, 0.29) is 6.10 Å². The van der Waals surface area contributed by atoms with Crippen molar-refractivity contribution in [3.63, 3.8) is 0 Å². The van der Waals surface area contributed by atoms with Crippen molar-refractivity contribution in [3.05, 3.63) is 28.2 Å². The molecule has 0 aliphatic heterocycles. The van der Waals surface area contributed by atoms with Crippen molar-refractivity contribution in [2.24, 2.45) is 5.92 Å². The summed E-state index contributed by atoms with van der Waals surface area (Å²) in [5.41, 5.74) is 1.07. The minimum absolute atomic E-state index is 0.336. The molecule has 2 nitrogen and oxygen atoms in total. The van der Waals surface area contributed by atoms with Crippen molar-refractivity contribution in [1.82, 2.24) is 0 Å². The van der Waals surface area contributed by atoms with E-state index in [2.05, 4.69) is 15.9 Å². The third-order valence-corrected chi connectivity index (χ3v) is 3.35. The van der Waals surface area contributed by atoms with Crippen LogP contribution in [-0.4, -0.2) is 17.8 Å². The lowest BCUT2D eigenvalue weighted by Gasteiger charge is -2.14. The maximum atomic E-state index is 9.44. The summed E-state index contributed by atoms with van der Waals surface area (Å²) in [6, 6.07) is 5.97. The molecule has 1 aliphatic carbocycles. The quantitative estimate of drug-likeness (QED) is 0.900. The van der Waals surface area contributed by atoms with Crippen LogP contribution in [-0.2, 0) is 6.42 Å². The number of aliphatic hydroxyl groups is 1. The van der Waals surface area contributed by atoms with E-state index in [0.717, 1.165) is 28.3 Å². The molecule has 1 fully saturated rings. The van der Waals surface area contributed by atoms with Crippen molar-refractivity contribution < 1.29 is 9.84 Å². The van der Waals surface area contributed by atoms with Crippen LogP contribution in [0.15, 0.2) is 22.7 Å². The molecule has 1 aliphatic rings. The Labute approximate surface area is 105 Å². The number of para-hydroxylation sites is 1. The Morgan fingerprint density at radius 3 is 2.88 bits per heavy atom. The topological polar surface area (TPSA) is 29.5 Å². The molecule has 0 aromatic heterocycles. The summed E-state index contributed by atoms with van der Waals surface area (Å²) < 4.78 is 6.81. The van der Waals surface area contributed by atoms with Gasteiger partial charge in [0.1, 0.15) is 5.75 Å². The number of aliphatic hydroxyl groups excluding tert-OH is 1. The van der Waals surface area contributed by atoms with Crippen LogP contribution in [0, 0.1) is 5.92 Å². The SMILES string of the molecule is CC(O)Cc1cccc(Br)c1OCC1CC1. The average molecular weight is 285 g/mol. The predicted molar refractivity (Wildman–Crippen MR) is 67.7 cm³/mol. The van der Waals surface area contributed by atoms with E-state index >= 15 is 0 Å². The summed E-state index contributed by atoms with van der Waals surface area (Å²) in [5.74, 6) is 1.64. The second kappa shape index (κ2) is 5.19. The Morgan fingerprint density at radius 2 is 2.25 bits per heavy atom. The van der Waals surface area contributed by atoms with E-state index in [1.165, 1.54) is 12.8 Å². The fourth-order valence-corrected chi connectivity index (χ4v) is 2.20. The Balaban J connectivity index is 2.10. The fourth-order valence-electron chi connectivity index (χ4n) is 1.68. The van der Waals surface area contributed by atoms with E-state index in [1.54, 1.807) is 6.92 Å². The third-order valence-electron chi connectivity index (χ3n) is 2.72. The van der Waals surface area contributed by atoms with Gasteiger partial charge < -0.3 is 9.84 Å². The minimum Gasteiger partial charge on any atom is -0.492 e. The van der Waals surface area contributed by atoms with Crippen molar-refractivity contribution >= 4 is 15.9 Å². The standard InChI is InChI=1S/C13H17BrO2/c1-9(15)7-11-3-2-4-12(14)13(11)16-8-10-5-6-10/h2-4,9-10,15H,5-8H2,1H3. The molecular weight excluding hydrogens is 268 g/mol. The first-order chi connectivity index (χ1) is 7.66. The van der Waals surface area contributed by atoms with Gasteiger partial charge in [-0.1, -0.05) is 12.1 Å². The first-order valence-electron chi connectivity index (χ1n) is 5.75. The van der Waals surface area contributed by atoms with E-state index in [4.69, 9.17) is 4.74 Å². The zero-order valence-corrected chi connectivity index (χ0v) is 11.0. The average Bonchev–Trinajstić information content (AvgIpc) is 2.99. The van der Waals surface area contributed by atoms with Gasteiger partial charge in [-0.05, 0) is 53.2 Å². The van der Waals surface area contributed by atoms with Gasteiger partial charge in [-0.25, -0.2) is 0 Å². The Hall–Kier alpha value is -0.540. The van der Waals surface area contributed by atoms with Crippen molar-refractivity contribution in [1.29, 1.82) is 0 Å². The molecule has 0 radical (unpaired) electrons. The summed E-state index contributed by atoms with van der Waals surface area (Å²) in [5, 5.41) is 9.44. The van der Waals surface area contributed by atoms with Crippen LogP contribution in [0.2, 0.25) is 0 Å². The van der Waals surface area contributed by atoms with Crippen LogP contribution < -0.4 is 4.74 Å². The minimum atomic E-state index is -0.336. The molecule has 88 valence electrons. The van der Waals surface area contributed by atoms with Crippen LogP contribution in [0.25, 0.3) is 0 Å². The molecule has 0 saturated heterocycles. The van der Waals surface area contributed by atoms with Crippen LogP contribution in [0.4, 0.5) is 0 Å². The van der Waals surface area contributed by atoms with Gasteiger partial charge in [0.2, 0.25) is 0 Å². The van der Waals surface area contributed by atoms with Crippen molar-refractivity contribution in [3.8, 4) is 5.75 Å². The highest BCUT2D eigenvalue weighted by Gasteiger charge is 2.23. The maximum absolute atomic E-state index is 9.44. The molecule has 1 aromatic carbocycles. The maximum Gasteiger partial charge on any atom is 0.136 e. The molecule has 3 heteroatoms. The molecule has 1 saturated carbocycles. The first kappa shape index (κ1) is 11.9. The summed E-state index contributed by atoms with van der Waals surface area (Å²) >= 11 is 3.50. The smallest absolute Gasteiger partial charge is 0.136 e. The molecule has 0 heterocycles.